The Bertz CT molecular complexity index is 1050. The maximum atomic E-state index is 11.7. The first-order valence-corrected chi connectivity index (χ1v) is 6.88. The SMILES string of the molecule is Cn1c(=O)ccc2cnc(Nc3ccc4[nH]ccc4c3)nc21. The summed E-state index contributed by atoms with van der Waals surface area (Å²) in [6.07, 6.45) is 3.61. The monoisotopic (exact) mass is 291 g/mol. The quantitative estimate of drug-likeness (QED) is 0.595. The third-order valence-electron chi connectivity index (χ3n) is 3.66. The number of anilines is 2. The van der Waals surface area contributed by atoms with Gasteiger partial charge in [0.25, 0.3) is 5.56 Å². The second kappa shape index (κ2) is 4.70. The van der Waals surface area contributed by atoms with Crippen molar-refractivity contribution in [3.63, 3.8) is 0 Å². The number of fused-ring (bicyclic) bond motifs is 2. The zero-order valence-corrected chi connectivity index (χ0v) is 11.9. The van der Waals surface area contributed by atoms with E-state index in [0.29, 0.717) is 11.6 Å². The number of benzene rings is 1. The molecule has 0 aliphatic rings. The molecule has 0 saturated heterocycles. The smallest absolute Gasteiger partial charge is 0.251 e. The summed E-state index contributed by atoms with van der Waals surface area (Å²) in [7, 11) is 1.70. The minimum Gasteiger partial charge on any atom is -0.361 e. The van der Waals surface area contributed by atoms with E-state index in [1.54, 1.807) is 19.3 Å². The maximum Gasteiger partial charge on any atom is 0.251 e. The van der Waals surface area contributed by atoms with Crippen LogP contribution in [0.5, 0.6) is 0 Å². The van der Waals surface area contributed by atoms with Crippen LogP contribution in [0, 0.1) is 0 Å². The standard InChI is InChI=1S/C16H13N5O/c1-21-14(22)5-2-11-9-18-16(20-15(11)21)19-12-3-4-13-10(8-12)6-7-17-13/h2-9,17H,1H3,(H,18,19,20). The van der Waals surface area contributed by atoms with Crippen LogP contribution in [-0.2, 0) is 7.05 Å². The molecule has 0 fully saturated rings. The normalized spacial score (nSPS) is 11.1. The summed E-state index contributed by atoms with van der Waals surface area (Å²) in [4.78, 5) is 23.6. The predicted octanol–water partition coefficient (Wildman–Crippen LogP) is 2.55. The van der Waals surface area contributed by atoms with Gasteiger partial charge in [-0.05, 0) is 30.3 Å². The highest BCUT2D eigenvalue weighted by molar-refractivity contribution is 5.84. The predicted molar refractivity (Wildman–Crippen MR) is 86.4 cm³/mol. The van der Waals surface area contributed by atoms with Gasteiger partial charge in [0.1, 0.15) is 5.65 Å². The van der Waals surface area contributed by atoms with Crippen molar-refractivity contribution >= 4 is 33.6 Å². The van der Waals surface area contributed by atoms with E-state index in [0.717, 1.165) is 22.0 Å². The molecule has 0 radical (unpaired) electrons. The molecule has 0 amide bonds. The number of hydrogen-bond donors (Lipinski definition) is 2. The van der Waals surface area contributed by atoms with Crippen molar-refractivity contribution in [3.8, 4) is 0 Å². The molecule has 6 nitrogen and oxygen atoms in total. The fourth-order valence-electron chi connectivity index (χ4n) is 2.47. The third-order valence-corrected chi connectivity index (χ3v) is 3.66. The van der Waals surface area contributed by atoms with Gasteiger partial charge in [-0.3, -0.25) is 9.36 Å². The molecule has 3 heterocycles. The van der Waals surface area contributed by atoms with Crippen LogP contribution in [0.1, 0.15) is 0 Å². The Labute approximate surface area is 125 Å². The van der Waals surface area contributed by atoms with Crippen molar-refractivity contribution in [2.45, 2.75) is 0 Å². The molecule has 108 valence electrons. The first-order chi connectivity index (χ1) is 10.7. The fraction of sp³-hybridized carbons (Fsp3) is 0.0625. The van der Waals surface area contributed by atoms with Gasteiger partial charge in [-0.2, -0.15) is 4.98 Å². The first-order valence-electron chi connectivity index (χ1n) is 6.88. The molecule has 4 rings (SSSR count). The molecule has 1 aromatic carbocycles. The van der Waals surface area contributed by atoms with Gasteiger partial charge in [0, 0.05) is 47.5 Å². The van der Waals surface area contributed by atoms with Crippen molar-refractivity contribution in [2.24, 2.45) is 7.05 Å². The number of aryl methyl sites for hydroxylation is 1. The molecule has 6 heteroatoms. The molecule has 0 spiro atoms. The summed E-state index contributed by atoms with van der Waals surface area (Å²) in [6.45, 7) is 0. The second-order valence-electron chi connectivity index (χ2n) is 5.11. The Morgan fingerprint density at radius 3 is 2.95 bits per heavy atom. The Balaban J connectivity index is 1.77. The lowest BCUT2D eigenvalue weighted by atomic mass is 10.2. The number of hydrogen-bond acceptors (Lipinski definition) is 4. The van der Waals surface area contributed by atoms with E-state index in [9.17, 15) is 4.79 Å². The Kier molecular flexibility index (Phi) is 2.69. The molecule has 2 N–H and O–H groups in total. The van der Waals surface area contributed by atoms with E-state index in [-0.39, 0.29) is 5.56 Å². The molecule has 3 aromatic heterocycles. The van der Waals surface area contributed by atoms with E-state index in [2.05, 4.69) is 20.3 Å². The van der Waals surface area contributed by atoms with E-state index in [1.807, 2.05) is 30.5 Å². The van der Waals surface area contributed by atoms with Crippen LogP contribution in [-0.4, -0.2) is 19.5 Å². The Hall–Kier alpha value is -3.15. The lowest BCUT2D eigenvalue weighted by Crippen LogP contribution is -2.16. The van der Waals surface area contributed by atoms with E-state index in [1.165, 1.54) is 10.6 Å². The summed E-state index contributed by atoms with van der Waals surface area (Å²) < 4.78 is 1.51. The number of rotatable bonds is 2. The van der Waals surface area contributed by atoms with Crippen LogP contribution in [0.25, 0.3) is 21.9 Å². The minimum absolute atomic E-state index is 0.0918. The molecule has 0 unspecified atom stereocenters. The molecular formula is C16H13N5O. The highest BCUT2D eigenvalue weighted by atomic mass is 16.1. The zero-order chi connectivity index (χ0) is 15.1. The van der Waals surface area contributed by atoms with Crippen LogP contribution in [0.3, 0.4) is 0 Å². The third kappa shape index (κ3) is 2.01. The Morgan fingerprint density at radius 2 is 2.05 bits per heavy atom. The number of H-pyrrole nitrogens is 1. The molecule has 22 heavy (non-hydrogen) atoms. The van der Waals surface area contributed by atoms with Gasteiger partial charge in [0.15, 0.2) is 0 Å². The van der Waals surface area contributed by atoms with Gasteiger partial charge in [-0.25, -0.2) is 4.98 Å². The van der Waals surface area contributed by atoms with Gasteiger partial charge in [-0.1, -0.05) is 0 Å². The van der Waals surface area contributed by atoms with Gasteiger partial charge in [0.05, 0.1) is 0 Å². The molecule has 4 aromatic rings. The summed E-state index contributed by atoms with van der Waals surface area (Å²) in [5, 5.41) is 5.11. The van der Waals surface area contributed by atoms with E-state index >= 15 is 0 Å². The van der Waals surface area contributed by atoms with Crippen LogP contribution in [0.2, 0.25) is 0 Å². The average molecular weight is 291 g/mol. The Morgan fingerprint density at radius 1 is 1.14 bits per heavy atom. The molecule has 0 aliphatic carbocycles. The van der Waals surface area contributed by atoms with Crippen LogP contribution < -0.4 is 10.9 Å². The molecule has 0 atom stereocenters. The largest absolute Gasteiger partial charge is 0.361 e. The fourth-order valence-corrected chi connectivity index (χ4v) is 2.47. The number of nitrogens with zero attached hydrogens (tertiary/aromatic N) is 3. The van der Waals surface area contributed by atoms with Gasteiger partial charge < -0.3 is 10.3 Å². The molecular weight excluding hydrogens is 278 g/mol. The summed E-state index contributed by atoms with van der Waals surface area (Å²) in [5.41, 5.74) is 2.48. The highest BCUT2D eigenvalue weighted by Gasteiger charge is 2.05. The van der Waals surface area contributed by atoms with Crippen molar-refractivity contribution in [1.29, 1.82) is 0 Å². The molecule has 0 aliphatic heterocycles. The topological polar surface area (TPSA) is 75.6 Å². The average Bonchev–Trinajstić information content (AvgIpc) is 2.99. The molecule has 0 bridgehead atoms. The molecule has 0 saturated carbocycles. The lowest BCUT2D eigenvalue weighted by Gasteiger charge is -2.07. The van der Waals surface area contributed by atoms with Crippen LogP contribution in [0.15, 0.2) is 53.6 Å². The van der Waals surface area contributed by atoms with Crippen LogP contribution in [0.4, 0.5) is 11.6 Å². The zero-order valence-electron chi connectivity index (χ0n) is 11.9. The van der Waals surface area contributed by atoms with Crippen LogP contribution >= 0.6 is 0 Å². The van der Waals surface area contributed by atoms with Crippen molar-refractivity contribution in [2.75, 3.05) is 5.32 Å². The lowest BCUT2D eigenvalue weighted by molar-refractivity contribution is 0.885. The van der Waals surface area contributed by atoms with E-state index in [4.69, 9.17) is 0 Å². The first kappa shape index (κ1) is 12.6. The van der Waals surface area contributed by atoms with E-state index < -0.39 is 0 Å². The highest BCUT2D eigenvalue weighted by Crippen LogP contribution is 2.20. The van der Waals surface area contributed by atoms with Crippen molar-refractivity contribution in [1.82, 2.24) is 19.5 Å². The number of nitrogens with one attached hydrogen (secondary N) is 2. The summed E-state index contributed by atoms with van der Waals surface area (Å²) in [6, 6.07) is 11.2. The summed E-state index contributed by atoms with van der Waals surface area (Å²) in [5.74, 6) is 0.462. The number of pyridine rings is 1. The van der Waals surface area contributed by atoms with Crippen molar-refractivity contribution < 1.29 is 0 Å². The second-order valence-corrected chi connectivity index (χ2v) is 5.11. The minimum atomic E-state index is -0.0918. The van der Waals surface area contributed by atoms with Gasteiger partial charge in [-0.15, -0.1) is 0 Å². The summed E-state index contributed by atoms with van der Waals surface area (Å²) >= 11 is 0. The number of aromatic amines is 1. The van der Waals surface area contributed by atoms with Gasteiger partial charge in [0.2, 0.25) is 5.95 Å². The number of aromatic nitrogens is 4. The van der Waals surface area contributed by atoms with Gasteiger partial charge >= 0.3 is 0 Å². The van der Waals surface area contributed by atoms with Crippen molar-refractivity contribution in [3.05, 3.63) is 59.1 Å². The maximum absolute atomic E-state index is 11.7.